The molecule has 2 N–H and O–H groups in total. The first-order valence-corrected chi connectivity index (χ1v) is 10.9. The number of ketones is 1. The number of carbonyl (C=O) groups excluding carboxylic acids is 2. The molecule has 0 atom stereocenters. The van der Waals surface area contributed by atoms with Crippen LogP contribution in [0, 0.1) is 0 Å². The molecule has 0 unspecified atom stereocenters. The number of allylic oxidation sites excluding steroid dienone is 1. The smallest absolute Gasteiger partial charge is 0.267 e. The summed E-state index contributed by atoms with van der Waals surface area (Å²) in [6.07, 6.45) is 8.58. The van der Waals surface area contributed by atoms with Crippen molar-refractivity contribution in [1.29, 1.82) is 0 Å². The molecule has 2 aromatic rings. The van der Waals surface area contributed by atoms with Gasteiger partial charge in [-0.1, -0.05) is 54.6 Å². The van der Waals surface area contributed by atoms with Crippen molar-refractivity contribution in [3.8, 4) is 0 Å². The zero-order valence-electron chi connectivity index (χ0n) is 18.7. The van der Waals surface area contributed by atoms with E-state index < -0.39 is 5.91 Å². The Labute approximate surface area is 189 Å². The molecule has 0 saturated carbocycles. The summed E-state index contributed by atoms with van der Waals surface area (Å²) in [6, 6.07) is 16.0. The lowest BCUT2D eigenvalue weighted by molar-refractivity contribution is -0.124. The maximum atomic E-state index is 12.5. The highest BCUT2D eigenvalue weighted by atomic mass is 16.5. The van der Waals surface area contributed by atoms with E-state index >= 15 is 0 Å². The third kappa shape index (κ3) is 6.99. The molecule has 1 aliphatic heterocycles. The first-order valence-electron chi connectivity index (χ1n) is 10.9. The van der Waals surface area contributed by atoms with E-state index in [1.54, 1.807) is 23.7 Å². The summed E-state index contributed by atoms with van der Waals surface area (Å²) < 4.78 is 0. The number of rotatable bonds is 8. The van der Waals surface area contributed by atoms with E-state index in [0.29, 0.717) is 11.6 Å². The molecule has 1 aliphatic rings. The number of nitrogens with zero attached hydrogens (tertiary/aromatic N) is 2. The first-order chi connectivity index (χ1) is 15.4. The largest absolute Gasteiger partial charge is 0.306 e. The molecule has 6 heteroatoms. The second-order valence-electron chi connectivity index (χ2n) is 8.34. The fourth-order valence-electron chi connectivity index (χ4n) is 3.82. The standard InChI is InChI=1S/C26H31N3O3/c1-28(2)24-15-17-29(18-16-24)19-22-7-11-23(12-8-22)25(30)13-9-20-3-5-21(6-4-20)10-14-26(31)27-32/h3-14,24,32H,15-19H2,1-2H3,(H,27,31). The third-order valence-corrected chi connectivity index (χ3v) is 5.83. The number of hydrogen-bond acceptors (Lipinski definition) is 5. The summed E-state index contributed by atoms with van der Waals surface area (Å²) >= 11 is 0. The van der Waals surface area contributed by atoms with Crippen LogP contribution in [0.25, 0.3) is 12.2 Å². The van der Waals surface area contributed by atoms with E-state index in [1.165, 1.54) is 24.5 Å². The van der Waals surface area contributed by atoms with Crippen LogP contribution < -0.4 is 5.48 Å². The van der Waals surface area contributed by atoms with Crippen molar-refractivity contribution in [3.63, 3.8) is 0 Å². The molecule has 1 heterocycles. The molecule has 0 spiro atoms. The highest BCUT2D eigenvalue weighted by Gasteiger charge is 2.20. The van der Waals surface area contributed by atoms with Gasteiger partial charge in [-0.15, -0.1) is 0 Å². The van der Waals surface area contributed by atoms with Gasteiger partial charge < -0.3 is 4.90 Å². The van der Waals surface area contributed by atoms with Crippen LogP contribution >= 0.6 is 0 Å². The molecule has 0 aliphatic carbocycles. The lowest BCUT2D eigenvalue weighted by Crippen LogP contribution is -2.41. The fraction of sp³-hybridized carbons (Fsp3) is 0.308. The van der Waals surface area contributed by atoms with Gasteiger partial charge in [-0.25, -0.2) is 5.48 Å². The number of nitrogens with one attached hydrogen (secondary N) is 1. The fourth-order valence-corrected chi connectivity index (χ4v) is 3.82. The lowest BCUT2D eigenvalue weighted by Gasteiger charge is -2.35. The van der Waals surface area contributed by atoms with Crippen LogP contribution in [-0.2, 0) is 11.3 Å². The number of amides is 1. The zero-order chi connectivity index (χ0) is 22.9. The molecule has 0 radical (unpaired) electrons. The van der Waals surface area contributed by atoms with Gasteiger partial charge in [-0.2, -0.15) is 0 Å². The van der Waals surface area contributed by atoms with Gasteiger partial charge in [0.1, 0.15) is 0 Å². The van der Waals surface area contributed by atoms with Crippen LogP contribution in [0.2, 0.25) is 0 Å². The molecule has 6 nitrogen and oxygen atoms in total. The normalized spacial score (nSPS) is 15.6. The van der Waals surface area contributed by atoms with Crippen LogP contribution in [0.1, 0.15) is 39.9 Å². The van der Waals surface area contributed by atoms with Gasteiger partial charge in [0.05, 0.1) is 0 Å². The van der Waals surface area contributed by atoms with E-state index in [-0.39, 0.29) is 5.78 Å². The van der Waals surface area contributed by atoms with Crippen LogP contribution in [0.15, 0.2) is 60.7 Å². The molecular weight excluding hydrogens is 402 g/mol. The molecule has 3 rings (SSSR count). The summed E-state index contributed by atoms with van der Waals surface area (Å²) in [5.41, 5.74) is 5.15. The summed E-state index contributed by atoms with van der Waals surface area (Å²) in [7, 11) is 4.30. The van der Waals surface area contributed by atoms with Crippen LogP contribution in [0.3, 0.4) is 0 Å². The highest BCUT2D eigenvalue weighted by molar-refractivity contribution is 6.06. The Bertz CT molecular complexity index is 955. The minimum Gasteiger partial charge on any atom is -0.306 e. The molecule has 1 saturated heterocycles. The SMILES string of the molecule is CN(C)C1CCN(Cc2ccc(C(=O)C=Cc3ccc(C=CC(=O)NO)cc3)cc2)CC1. The molecule has 2 aromatic carbocycles. The Morgan fingerprint density at radius 2 is 1.53 bits per heavy atom. The van der Waals surface area contributed by atoms with Gasteiger partial charge in [0.15, 0.2) is 5.78 Å². The van der Waals surface area contributed by atoms with Crippen molar-refractivity contribution in [2.45, 2.75) is 25.4 Å². The molecule has 168 valence electrons. The summed E-state index contributed by atoms with van der Waals surface area (Å²) in [5, 5.41) is 8.49. The number of hydroxylamine groups is 1. The molecule has 32 heavy (non-hydrogen) atoms. The van der Waals surface area contributed by atoms with E-state index in [2.05, 4.69) is 23.9 Å². The van der Waals surface area contributed by atoms with E-state index in [4.69, 9.17) is 5.21 Å². The van der Waals surface area contributed by atoms with Crippen molar-refractivity contribution in [1.82, 2.24) is 15.3 Å². The second kappa shape index (κ2) is 11.5. The minimum absolute atomic E-state index is 0.0352. The molecular formula is C26H31N3O3. The molecule has 0 bridgehead atoms. The van der Waals surface area contributed by atoms with E-state index in [0.717, 1.165) is 30.8 Å². The number of likely N-dealkylation sites (tertiary alicyclic amines) is 1. The first kappa shape index (κ1) is 23.6. The highest BCUT2D eigenvalue weighted by Crippen LogP contribution is 2.17. The van der Waals surface area contributed by atoms with E-state index in [9.17, 15) is 9.59 Å². The average Bonchev–Trinajstić information content (AvgIpc) is 2.82. The van der Waals surface area contributed by atoms with Gasteiger partial charge in [0.2, 0.25) is 0 Å². The average molecular weight is 434 g/mol. The topological polar surface area (TPSA) is 72.9 Å². The van der Waals surface area contributed by atoms with Crippen LogP contribution in [0.4, 0.5) is 0 Å². The minimum atomic E-state index is -0.584. The van der Waals surface area contributed by atoms with Crippen LogP contribution in [-0.4, -0.2) is 59.9 Å². The predicted molar refractivity (Wildman–Crippen MR) is 127 cm³/mol. The van der Waals surface area contributed by atoms with Crippen molar-refractivity contribution in [2.24, 2.45) is 0 Å². The third-order valence-electron chi connectivity index (χ3n) is 5.83. The second-order valence-corrected chi connectivity index (χ2v) is 8.34. The monoisotopic (exact) mass is 433 g/mol. The Kier molecular flexibility index (Phi) is 8.50. The Balaban J connectivity index is 1.51. The number of piperidine rings is 1. The van der Waals surface area contributed by atoms with E-state index in [1.807, 2.05) is 48.5 Å². The number of benzene rings is 2. The number of hydrogen-bond donors (Lipinski definition) is 2. The Morgan fingerprint density at radius 3 is 2.06 bits per heavy atom. The maximum absolute atomic E-state index is 12.5. The Hall–Kier alpha value is -3.06. The van der Waals surface area contributed by atoms with Gasteiger partial charge in [-0.3, -0.25) is 19.7 Å². The van der Waals surface area contributed by atoms with Crippen molar-refractivity contribution in [3.05, 3.63) is 82.9 Å². The number of carbonyl (C=O) groups is 2. The Morgan fingerprint density at radius 1 is 0.969 bits per heavy atom. The van der Waals surface area contributed by atoms with Gasteiger partial charge in [-0.05, 0) is 68.9 Å². The van der Waals surface area contributed by atoms with Crippen molar-refractivity contribution in [2.75, 3.05) is 27.2 Å². The molecule has 1 amide bonds. The summed E-state index contributed by atoms with van der Waals surface area (Å²) in [5.74, 6) is -0.619. The zero-order valence-corrected chi connectivity index (χ0v) is 18.7. The quantitative estimate of drug-likeness (QED) is 0.288. The van der Waals surface area contributed by atoms with Gasteiger partial charge >= 0.3 is 0 Å². The van der Waals surface area contributed by atoms with Gasteiger partial charge in [0.25, 0.3) is 5.91 Å². The van der Waals surface area contributed by atoms with Crippen molar-refractivity contribution >= 4 is 23.8 Å². The van der Waals surface area contributed by atoms with Gasteiger partial charge in [0, 0.05) is 24.2 Å². The van der Waals surface area contributed by atoms with Crippen molar-refractivity contribution < 1.29 is 14.8 Å². The summed E-state index contributed by atoms with van der Waals surface area (Å²) in [4.78, 5) is 28.3. The predicted octanol–water partition coefficient (Wildman–Crippen LogP) is 3.63. The summed E-state index contributed by atoms with van der Waals surface area (Å²) in [6.45, 7) is 3.14. The van der Waals surface area contributed by atoms with Crippen LogP contribution in [0.5, 0.6) is 0 Å². The molecule has 0 aromatic heterocycles. The molecule has 1 fully saturated rings. The maximum Gasteiger partial charge on any atom is 0.267 e. The lowest BCUT2D eigenvalue weighted by atomic mass is 10.0.